The average Bonchev–Trinajstić information content (AvgIpc) is 2.67. The summed E-state index contributed by atoms with van der Waals surface area (Å²) in [7, 11) is 1.15. The Bertz CT molecular complexity index is 1040. The number of hydrogen-bond donors (Lipinski definition) is 0. The summed E-state index contributed by atoms with van der Waals surface area (Å²) in [5.41, 5.74) is 6.23. The second-order valence-electron chi connectivity index (χ2n) is 9.18. The van der Waals surface area contributed by atoms with Crippen LogP contribution in [0.4, 0.5) is 0 Å². The van der Waals surface area contributed by atoms with Gasteiger partial charge in [0.2, 0.25) is 5.69 Å². The smallest absolute Gasteiger partial charge is 0.198 e. The second kappa shape index (κ2) is 6.90. The SMILES string of the molecule is [2H]c1c(C)[n+](C)c(-c2ccccc2C)c2ccc(C3CC[Si](C)(C)CC3)cc12. The Morgan fingerprint density at radius 2 is 1.74 bits per heavy atom. The van der Waals surface area contributed by atoms with E-state index >= 15 is 0 Å². The van der Waals surface area contributed by atoms with Crippen LogP contribution in [0.25, 0.3) is 22.0 Å². The average molecular weight is 376 g/mol. The van der Waals surface area contributed by atoms with E-state index in [-0.39, 0.29) is 0 Å². The van der Waals surface area contributed by atoms with E-state index in [0.29, 0.717) is 12.0 Å². The molecule has 4 rings (SSSR count). The molecule has 2 heterocycles. The molecular formula is C25H32NSi+. The zero-order valence-corrected chi connectivity index (χ0v) is 18.4. The van der Waals surface area contributed by atoms with Gasteiger partial charge in [0.15, 0.2) is 5.69 Å². The lowest BCUT2D eigenvalue weighted by atomic mass is 9.90. The van der Waals surface area contributed by atoms with Crippen molar-refractivity contribution >= 4 is 18.8 Å². The Morgan fingerprint density at radius 1 is 1.04 bits per heavy atom. The minimum atomic E-state index is -0.946. The topological polar surface area (TPSA) is 3.88 Å². The second-order valence-corrected chi connectivity index (χ2v) is 14.5. The van der Waals surface area contributed by atoms with Gasteiger partial charge in [-0.1, -0.05) is 55.5 Å². The molecule has 0 N–H and O–H groups in total. The Morgan fingerprint density at radius 3 is 2.44 bits per heavy atom. The van der Waals surface area contributed by atoms with E-state index in [0.717, 1.165) is 11.1 Å². The Labute approximate surface area is 166 Å². The van der Waals surface area contributed by atoms with Crippen LogP contribution in [-0.4, -0.2) is 8.07 Å². The molecule has 1 saturated heterocycles. The van der Waals surface area contributed by atoms with Gasteiger partial charge < -0.3 is 0 Å². The van der Waals surface area contributed by atoms with E-state index < -0.39 is 8.07 Å². The maximum atomic E-state index is 8.80. The number of aromatic nitrogens is 1. The first-order chi connectivity index (χ1) is 13.3. The maximum absolute atomic E-state index is 8.80. The predicted molar refractivity (Wildman–Crippen MR) is 119 cm³/mol. The first-order valence-corrected chi connectivity index (χ1v) is 13.7. The molecule has 3 aromatic rings. The third-order valence-electron chi connectivity index (χ3n) is 6.66. The van der Waals surface area contributed by atoms with Crippen LogP contribution in [0.1, 0.15) is 37.0 Å². The lowest BCUT2D eigenvalue weighted by molar-refractivity contribution is -0.665. The highest BCUT2D eigenvalue weighted by Gasteiger charge is 2.29. The van der Waals surface area contributed by atoms with Crippen molar-refractivity contribution in [2.24, 2.45) is 7.05 Å². The molecule has 0 spiro atoms. The van der Waals surface area contributed by atoms with E-state index in [1.165, 1.54) is 52.7 Å². The molecule has 27 heavy (non-hydrogen) atoms. The van der Waals surface area contributed by atoms with Gasteiger partial charge in [0.1, 0.15) is 7.05 Å². The summed E-state index contributed by atoms with van der Waals surface area (Å²) in [5, 5.41) is 2.30. The fraction of sp³-hybridized carbons (Fsp3) is 0.400. The molecule has 1 nitrogen and oxygen atoms in total. The summed E-state index contributed by atoms with van der Waals surface area (Å²) in [6.45, 7) is 9.31. The van der Waals surface area contributed by atoms with Crippen LogP contribution in [0.2, 0.25) is 25.2 Å². The molecule has 0 bridgehead atoms. The first-order valence-electron chi connectivity index (χ1n) is 10.8. The van der Waals surface area contributed by atoms with E-state index in [2.05, 4.69) is 81.0 Å². The molecule has 0 aliphatic carbocycles. The number of benzene rings is 2. The predicted octanol–water partition coefficient (Wildman–Crippen LogP) is 6.53. The van der Waals surface area contributed by atoms with Gasteiger partial charge in [-0.2, -0.15) is 4.57 Å². The molecule has 0 unspecified atom stereocenters. The Balaban J connectivity index is 1.88. The van der Waals surface area contributed by atoms with Crippen molar-refractivity contribution in [2.75, 3.05) is 0 Å². The van der Waals surface area contributed by atoms with Crippen molar-refractivity contribution in [1.82, 2.24) is 0 Å². The van der Waals surface area contributed by atoms with Crippen molar-refractivity contribution < 1.29 is 5.94 Å². The maximum Gasteiger partial charge on any atom is 0.220 e. The highest BCUT2D eigenvalue weighted by molar-refractivity contribution is 6.77. The van der Waals surface area contributed by atoms with E-state index in [9.17, 15) is 0 Å². The monoisotopic (exact) mass is 375 g/mol. The number of fused-ring (bicyclic) bond motifs is 1. The minimum Gasteiger partial charge on any atom is -0.198 e. The molecule has 140 valence electrons. The zero-order chi connectivity index (χ0) is 20.1. The molecule has 1 aromatic heterocycles. The summed E-state index contributed by atoms with van der Waals surface area (Å²) >= 11 is 0. The van der Waals surface area contributed by atoms with Crippen LogP contribution in [0.3, 0.4) is 0 Å². The lowest BCUT2D eigenvalue weighted by Gasteiger charge is -2.33. The fourth-order valence-electron chi connectivity index (χ4n) is 4.65. The van der Waals surface area contributed by atoms with Crippen molar-refractivity contribution in [3.8, 4) is 11.3 Å². The molecule has 0 radical (unpaired) electrons. The quantitative estimate of drug-likeness (QED) is 0.354. The number of hydrogen-bond acceptors (Lipinski definition) is 0. The molecule has 2 aromatic carbocycles. The third kappa shape index (κ3) is 3.48. The van der Waals surface area contributed by atoms with Crippen LogP contribution in [0, 0.1) is 13.8 Å². The molecule has 1 fully saturated rings. The summed E-state index contributed by atoms with van der Waals surface area (Å²) in [6, 6.07) is 19.1. The summed E-state index contributed by atoms with van der Waals surface area (Å²) in [5.74, 6) is 0.667. The molecule has 0 atom stereocenters. The molecule has 1 aliphatic heterocycles. The fourth-order valence-corrected chi connectivity index (χ4v) is 7.16. The highest BCUT2D eigenvalue weighted by Crippen LogP contribution is 2.39. The molecule has 0 saturated carbocycles. The highest BCUT2D eigenvalue weighted by atomic mass is 28.3. The van der Waals surface area contributed by atoms with E-state index in [4.69, 9.17) is 1.37 Å². The van der Waals surface area contributed by atoms with Crippen LogP contribution in [-0.2, 0) is 7.05 Å². The normalized spacial score (nSPS) is 17.9. The minimum absolute atomic E-state index is 0.667. The van der Waals surface area contributed by atoms with Gasteiger partial charge in [0.05, 0.1) is 6.76 Å². The number of aryl methyl sites for hydroxylation is 1. The summed E-state index contributed by atoms with van der Waals surface area (Å²) < 4.78 is 11.0. The number of pyridine rings is 1. The van der Waals surface area contributed by atoms with Crippen molar-refractivity contribution in [2.45, 2.75) is 57.8 Å². The Kier molecular flexibility index (Phi) is 4.39. The standard InChI is InChI=1S/C25H32NSi/c1-18-8-6-7-9-23(18)25-24-11-10-21(17-22(24)16-19(2)26(25)3)20-12-14-27(4,5)15-13-20/h6-11,16-17,20H,12-15H2,1-5H3/q+1/i16D. The summed E-state index contributed by atoms with van der Waals surface area (Å²) in [4.78, 5) is 0. The van der Waals surface area contributed by atoms with Gasteiger partial charge in [0.25, 0.3) is 0 Å². The molecule has 1 aliphatic rings. The van der Waals surface area contributed by atoms with Gasteiger partial charge >= 0.3 is 0 Å². The van der Waals surface area contributed by atoms with Crippen molar-refractivity contribution in [3.05, 3.63) is 65.3 Å². The van der Waals surface area contributed by atoms with Crippen LogP contribution >= 0.6 is 0 Å². The molecular weight excluding hydrogens is 342 g/mol. The summed E-state index contributed by atoms with van der Waals surface area (Å²) in [6.07, 6.45) is 2.64. The molecule has 2 heteroatoms. The van der Waals surface area contributed by atoms with Gasteiger partial charge in [0, 0.05) is 26.6 Å². The van der Waals surface area contributed by atoms with Crippen molar-refractivity contribution in [3.63, 3.8) is 0 Å². The Hall–Kier alpha value is -1.93. The van der Waals surface area contributed by atoms with Crippen LogP contribution in [0.15, 0.2) is 48.5 Å². The first kappa shape index (κ1) is 17.2. The van der Waals surface area contributed by atoms with Gasteiger partial charge in [-0.15, -0.1) is 0 Å². The van der Waals surface area contributed by atoms with E-state index in [1.54, 1.807) is 0 Å². The van der Waals surface area contributed by atoms with Crippen LogP contribution in [0.5, 0.6) is 0 Å². The van der Waals surface area contributed by atoms with Gasteiger partial charge in [-0.25, -0.2) is 0 Å². The zero-order valence-electron chi connectivity index (χ0n) is 18.4. The van der Waals surface area contributed by atoms with Crippen molar-refractivity contribution in [1.29, 1.82) is 0 Å². The van der Waals surface area contributed by atoms with Gasteiger partial charge in [-0.3, -0.25) is 0 Å². The third-order valence-corrected chi connectivity index (χ3v) is 9.95. The van der Waals surface area contributed by atoms with Gasteiger partial charge in [-0.05, 0) is 54.3 Å². The largest absolute Gasteiger partial charge is 0.220 e. The van der Waals surface area contributed by atoms with E-state index in [1.807, 2.05) is 0 Å². The lowest BCUT2D eigenvalue weighted by Crippen LogP contribution is -2.35. The van der Waals surface area contributed by atoms with Crippen LogP contribution < -0.4 is 4.57 Å². The number of nitrogens with zero attached hydrogens (tertiary/aromatic N) is 1. The molecule has 0 amide bonds. The number of rotatable bonds is 2.